The van der Waals surface area contributed by atoms with E-state index in [0.717, 1.165) is 0 Å². The van der Waals surface area contributed by atoms with Crippen LogP contribution in [0.25, 0.3) is 0 Å². The molecular weight excluding hydrogens is 232 g/mol. The van der Waals surface area contributed by atoms with Crippen molar-refractivity contribution in [3.8, 4) is 0 Å². The lowest BCUT2D eigenvalue weighted by molar-refractivity contribution is 0.0786. The zero-order valence-corrected chi connectivity index (χ0v) is 10.7. The molecule has 0 spiro atoms. The highest BCUT2D eigenvalue weighted by atomic mass is 32.1. The smallest absolute Gasteiger partial charge is 0.255 e. The van der Waals surface area contributed by atoms with Crippen LogP contribution in [0.4, 0.5) is 0 Å². The van der Waals surface area contributed by atoms with E-state index in [1.54, 1.807) is 40.8 Å². The van der Waals surface area contributed by atoms with Crippen LogP contribution in [0.5, 0.6) is 0 Å². The van der Waals surface area contributed by atoms with E-state index in [9.17, 15) is 4.79 Å². The molecule has 2 aromatic rings. The number of rotatable bonds is 3. The van der Waals surface area contributed by atoms with Gasteiger partial charge in [0, 0.05) is 24.3 Å². The fourth-order valence-corrected chi connectivity index (χ4v) is 2.52. The van der Waals surface area contributed by atoms with Gasteiger partial charge in [0.05, 0.1) is 12.1 Å². The summed E-state index contributed by atoms with van der Waals surface area (Å²) >= 11 is 1.68. The van der Waals surface area contributed by atoms with Crippen LogP contribution >= 0.6 is 11.3 Å². The van der Waals surface area contributed by atoms with Gasteiger partial charge in [-0.2, -0.15) is 0 Å². The van der Waals surface area contributed by atoms with E-state index in [2.05, 4.69) is 18.0 Å². The highest BCUT2D eigenvalue weighted by Gasteiger charge is 2.13. The summed E-state index contributed by atoms with van der Waals surface area (Å²) in [4.78, 5) is 19.0. The molecule has 1 amide bonds. The van der Waals surface area contributed by atoms with Crippen molar-refractivity contribution in [2.45, 2.75) is 13.5 Å². The molecule has 3 nitrogen and oxygen atoms in total. The summed E-state index contributed by atoms with van der Waals surface area (Å²) < 4.78 is 0. The van der Waals surface area contributed by atoms with Gasteiger partial charge >= 0.3 is 0 Å². The molecule has 2 aromatic heterocycles. The fourth-order valence-electron chi connectivity index (χ4n) is 1.56. The van der Waals surface area contributed by atoms with Crippen LogP contribution in [0.2, 0.25) is 0 Å². The molecule has 2 rings (SSSR count). The molecule has 0 fully saturated rings. The molecule has 0 aliphatic carbocycles. The lowest BCUT2D eigenvalue weighted by atomic mass is 10.2. The number of aromatic nitrogens is 1. The third-order valence-corrected chi connectivity index (χ3v) is 3.61. The van der Waals surface area contributed by atoms with Crippen LogP contribution in [0.3, 0.4) is 0 Å². The minimum atomic E-state index is 0.00546. The van der Waals surface area contributed by atoms with Crippen LogP contribution in [0.1, 0.15) is 20.8 Å². The zero-order chi connectivity index (χ0) is 12.3. The monoisotopic (exact) mass is 246 g/mol. The molecule has 0 N–H and O–H groups in total. The number of amides is 1. The summed E-state index contributed by atoms with van der Waals surface area (Å²) in [6, 6.07) is 5.63. The number of hydrogen-bond acceptors (Lipinski definition) is 3. The number of aryl methyl sites for hydroxylation is 1. The SMILES string of the molecule is Cc1ccsc1CN(C)C(=O)c1cccnc1. The molecule has 0 aromatic carbocycles. The topological polar surface area (TPSA) is 33.2 Å². The first-order chi connectivity index (χ1) is 8.18. The highest BCUT2D eigenvalue weighted by Crippen LogP contribution is 2.18. The summed E-state index contributed by atoms with van der Waals surface area (Å²) in [5.74, 6) is 0.00546. The molecular formula is C13H14N2OS. The van der Waals surface area contributed by atoms with Crippen molar-refractivity contribution in [2.75, 3.05) is 7.05 Å². The van der Waals surface area contributed by atoms with E-state index in [1.165, 1.54) is 10.4 Å². The first kappa shape index (κ1) is 11.8. The standard InChI is InChI=1S/C13H14N2OS/c1-10-5-7-17-12(10)9-15(2)13(16)11-4-3-6-14-8-11/h3-8H,9H2,1-2H3. The van der Waals surface area contributed by atoms with E-state index >= 15 is 0 Å². The van der Waals surface area contributed by atoms with Crippen LogP contribution in [-0.4, -0.2) is 22.8 Å². The minimum absolute atomic E-state index is 0.00546. The van der Waals surface area contributed by atoms with Crippen LogP contribution in [0.15, 0.2) is 36.0 Å². The molecule has 0 saturated heterocycles. The average Bonchev–Trinajstić information content (AvgIpc) is 2.75. The Morgan fingerprint density at radius 2 is 2.29 bits per heavy atom. The quantitative estimate of drug-likeness (QED) is 0.834. The van der Waals surface area contributed by atoms with Crippen molar-refractivity contribution in [1.29, 1.82) is 0 Å². The largest absolute Gasteiger partial charge is 0.337 e. The second kappa shape index (κ2) is 5.10. The molecule has 17 heavy (non-hydrogen) atoms. The first-order valence-corrected chi connectivity index (χ1v) is 6.25. The number of carbonyl (C=O) groups is 1. The fraction of sp³-hybridized carbons (Fsp3) is 0.231. The van der Waals surface area contributed by atoms with Crippen molar-refractivity contribution in [1.82, 2.24) is 9.88 Å². The lowest BCUT2D eigenvalue weighted by Crippen LogP contribution is -2.26. The number of pyridine rings is 1. The number of hydrogen-bond donors (Lipinski definition) is 0. The maximum absolute atomic E-state index is 12.1. The second-order valence-electron chi connectivity index (χ2n) is 3.93. The third kappa shape index (κ3) is 2.71. The summed E-state index contributed by atoms with van der Waals surface area (Å²) in [6.07, 6.45) is 3.26. The Morgan fingerprint density at radius 3 is 2.88 bits per heavy atom. The van der Waals surface area contributed by atoms with Crippen LogP contribution < -0.4 is 0 Å². The molecule has 0 saturated carbocycles. The highest BCUT2D eigenvalue weighted by molar-refractivity contribution is 7.10. The van der Waals surface area contributed by atoms with Gasteiger partial charge in [0.15, 0.2) is 0 Å². The maximum atomic E-state index is 12.1. The van der Waals surface area contributed by atoms with Crippen LogP contribution in [0, 0.1) is 6.92 Å². The van der Waals surface area contributed by atoms with Gasteiger partial charge in [-0.1, -0.05) is 0 Å². The normalized spacial score (nSPS) is 10.2. The van der Waals surface area contributed by atoms with E-state index in [-0.39, 0.29) is 5.91 Å². The summed E-state index contributed by atoms with van der Waals surface area (Å²) in [5.41, 5.74) is 1.87. The summed E-state index contributed by atoms with van der Waals surface area (Å²) in [6.45, 7) is 2.71. The third-order valence-electron chi connectivity index (χ3n) is 2.60. The Bertz CT molecular complexity index is 507. The number of thiophene rings is 1. The number of carbonyl (C=O) groups excluding carboxylic acids is 1. The second-order valence-corrected chi connectivity index (χ2v) is 4.93. The predicted octanol–water partition coefficient (Wildman–Crippen LogP) is 2.72. The Morgan fingerprint density at radius 1 is 1.47 bits per heavy atom. The minimum Gasteiger partial charge on any atom is -0.337 e. The van der Waals surface area contributed by atoms with Crippen molar-refractivity contribution in [3.63, 3.8) is 0 Å². The summed E-state index contributed by atoms with van der Waals surface area (Å²) in [5, 5.41) is 2.05. The van der Waals surface area contributed by atoms with Gasteiger partial charge in [0.1, 0.15) is 0 Å². The predicted molar refractivity (Wildman–Crippen MR) is 69.1 cm³/mol. The van der Waals surface area contributed by atoms with Crippen molar-refractivity contribution in [3.05, 3.63) is 52.0 Å². The molecule has 0 unspecified atom stereocenters. The van der Waals surface area contributed by atoms with E-state index in [0.29, 0.717) is 12.1 Å². The van der Waals surface area contributed by atoms with E-state index in [1.807, 2.05) is 12.4 Å². The lowest BCUT2D eigenvalue weighted by Gasteiger charge is -2.16. The molecule has 4 heteroatoms. The maximum Gasteiger partial charge on any atom is 0.255 e. The molecule has 0 radical (unpaired) electrons. The molecule has 88 valence electrons. The molecule has 2 heterocycles. The van der Waals surface area contributed by atoms with Crippen molar-refractivity contribution >= 4 is 17.2 Å². The molecule has 0 bridgehead atoms. The van der Waals surface area contributed by atoms with Gasteiger partial charge in [0.25, 0.3) is 5.91 Å². The van der Waals surface area contributed by atoms with Crippen LogP contribution in [-0.2, 0) is 6.54 Å². The Labute approximate surface area is 105 Å². The molecule has 0 aliphatic heterocycles. The Kier molecular flexibility index (Phi) is 3.54. The van der Waals surface area contributed by atoms with Gasteiger partial charge in [0.2, 0.25) is 0 Å². The number of nitrogens with zero attached hydrogens (tertiary/aromatic N) is 2. The molecule has 0 aliphatic rings. The van der Waals surface area contributed by atoms with Crippen molar-refractivity contribution < 1.29 is 4.79 Å². The zero-order valence-electron chi connectivity index (χ0n) is 9.88. The van der Waals surface area contributed by atoms with Gasteiger partial charge in [-0.05, 0) is 36.1 Å². The summed E-state index contributed by atoms with van der Waals surface area (Å²) in [7, 11) is 1.81. The van der Waals surface area contributed by atoms with Crippen molar-refractivity contribution in [2.24, 2.45) is 0 Å². The van der Waals surface area contributed by atoms with Gasteiger partial charge < -0.3 is 4.90 Å². The Balaban J connectivity index is 2.09. The van der Waals surface area contributed by atoms with Gasteiger partial charge in [-0.15, -0.1) is 11.3 Å². The van der Waals surface area contributed by atoms with E-state index < -0.39 is 0 Å². The van der Waals surface area contributed by atoms with E-state index in [4.69, 9.17) is 0 Å². The molecule has 0 atom stereocenters. The van der Waals surface area contributed by atoms with Gasteiger partial charge in [-0.25, -0.2) is 0 Å². The Hall–Kier alpha value is -1.68. The van der Waals surface area contributed by atoms with Gasteiger partial charge in [-0.3, -0.25) is 9.78 Å². The first-order valence-electron chi connectivity index (χ1n) is 5.37. The average molecular weight is 246 g/mol.